The molecule has 0 spiro atoms. The number of benzene rings is 2. The zero-order valence-corrected chi connectivity index (χ0v) is 26.6. The van der Waals surface area contributed by atoms with Crippen LogP contribution in [0.25, 0.3) is 0 Å². The van der Waals surface area contributed by atoms with Crippen molar-refractivity contribution in [1.82, 2.24) is 20.9 Å². The predicted octanol–water partition coefficient (Wildman–Crippen LogP) is 4.91. The summed E-state index contributed by atoms with van der Waals surface area (Å²) in [5.74, 6) is -4.08. The van der Waals surface area contributed by atoms with Gasteiger partial charge in [0.05, 0.1) is 10.6 Å². The highest BCUT2D eigenvalue weighted by atomic mass is 35.5. The van der Waals surface area contributed by atoms with Gasteiger partial charge < -0.3 is 16.0 Å². The van der Waals surface area contributed by atoms with E-state index in [2.05, 4.69) is 16.0 Å². The predicted molar refractivity (Wildman–Crippen MR) is 163 cm³/mol. The van der Waals surface area contributed by atoms with Gasteiger partial charge in [0, 0.05) is 59.7 Å². The van der Waals surface area contributed by atoms with Crippen LogP contribution in [0, 0.1) is 5.92 Å². The Labute approximate surface area is 261 Å². The Morgan fingerprint density at radius 1 is 1.12 bits per heavy atom. The molecule has 2 fully saturated rings. The van der Waals surface area contributed by atoms with Crippen molar-refractivity contribution in [3.8, 4) is 0 Å². The van der Waals surface area contributed by atoms with Crippen LogP contribution in [0.15, 0.2) is 35.2 Å². The standard InChI is InChI=1S/C30H38Cl2F2N4O4S/c1-3-43(41,42)27-7-6-22(31)13-21(27)16-36-28(39)20-14-25(30(2,33)34)24(26(32)15-20)18-38-12-4-5-23(17-38)37-29(40)19-8-10-35-11-9-19/h6-7,13-15,19,23,35H,3-5,8-12,16-18H2,1-2H3,(H,36,39)(H,37,40)/t23-/m0/s1. The third kappa shape index (κ3) is 8.66. The van der Waals surface area contributed by atoms with Crippen molar-refractivity contribution in [2.45, 2.75) is 69.5 Å². The molecule has 4 rings (SSSR count). The quantitative estimate of drug-likeness (QED) is 0.335. The molecule has 0 aliphatic carbocycles. The Bertz CT molecular complexity index is 1450. The second-order valence-corrected chi connectivity index (χ2v) is 14.4. The van der Waals surface area contributed by atoms with Gasteiger partial charge in [-0.25, -0.2) is 17.2 Å². The Morgan fingerprint density at radius 3 is 2.51 bits per heavy atom. The maximum Gasteiger partial charge on any atom is 0.270 e. The van der Waals surface area contributed by atoms with Crippen LogP contribution >= 0.6 is 23.2 Å². The summed E-state index contributed by atoms with van der Waals surface area (Å²) in [6, 6.07) is 6.69. The van der Waals surface area contributed by atoms with E-state index < -0.39 is 21.7 Å². The molecule has 0 aromatic heterocycles. The summed E-state index contributed by atoms with van der Waals surface area (Å²) in [4.78, 5) is 27.9. The molecule has 1 atom stereocenters. The lowest BCUT2D eigenvalue weighted by Gasteiger charge is -2.35. The minimum atomic E-state index is -3.59. The van der Waals surface area contributed by atoms with Crippen molar-refractivity contribution >= 4 is 44.9 Å². The third-order valence-electron chi connectivity index (χ3n) is 8.05. The molecule has 3 N–H and O–H groups in total. The number of carbonyl (C=O) groups is 2. The van der Waals surface area contributed by atoms with Gasteiger partial charge in [0.15, 0.2) is 9.84 Å². The van der Waals surface area contributed by atoms with Gasteiger partial charge in [0.1, 0.15) is 0 Å². The number of sulfone groups is 1. The normalized spacial score (nSPS) is 18.8. The van der Waals surface area contributed by atoms with Gasteiger partial charge in [-0.15, -0.1) is 0 Å². The van der Waals surface area contributed by atoms with E-state index in [1.54, 1.807) is 0 Å². The highest BCUT2D eigenvalue weighted by Crippen LogP contribution is 2.36. The van der Waals surface area contributed by atoms with E-state index in [1.165, 1.54) is 31.2 Å². The summed E-state index contributed by atoms with van der Waals surface area (Å²) in [5.41, 5.74) is 0.0848. The number of nitrogens with zero attached hydrogens (tertiary/aromatic N) is 1. The lowest BCUT2D eigenvalue weighted by atomic mass is 9.95. The lowest BCUT2D eigenvalue weighted by Crippen LogP contribution is -2.50. The lowest BCUT2D eigenvalue weighted by molar-refractivity contribution is -0.126. The summed E-state index contributed by atoms with van der Waals surface area (Å²) in [5, 5.41) is 9.34. The number of hydrogen-bond donors (Lipinski definition) is 3. The maximum atomic E-state index is 14.9. The SMILES string of the molecule is CCS(=O)(=O)c1ccc(Cl)cc1CNC(=O)c1cc(Cl)c(CN2CCC[C@H](NC(=O)C3CCNCC3)C2)c(C(C)(F)F)c1. The second kappa shape index (κ2) is 14.2. The van der Waals surface area contributed by atoms with Crippen LogP contribution in [-0.2, 0) is 33.6 Å². The Balaban J connectivity index is 1.49. The summed E-state index contributed by atoms with van der Waals surface area (Å²) in [7, 11) is -3.59. The fourth-order valence-corrected chi connectivity index (χ4v) is 7.28. The van der Waals surface area contributed by atoms with Crippen molar-refractivity contribution in [3.05, 3.63) is 62.6 Å². The first-order chi connectivity index (χ1) is 20.3. The smallest absolute Gasteiger partial charge is 0.270 e. The molecule has 2 aromatic carbocycles. The van der Waals surface area contributed by atoms with Crippen LogP contribution in [-0.4, -0.2) is 63.1 Å². The van der Waals surface area contributed by atoms with Crippen LogP contribution in [0.1, 0.15) is 66.6 Å². The molecule has 0 radical (unpaired) electrons. The molecule has 2 amide bonds. The first-order valence-electron chi connectivity index (χ1n) is 14.5. The molecule has 2 aromatic rings. The largest absolute Gasteiger partial charge is 0.352 e. The van der Waals surface area contributed by atoms with E-state index in [9.17, 15) is 26.8 Å². The number of halogens is 4. The topological polar surface area (TPSA) is 108 Å². The van der Waals surface area contributed by atoms with E-state index in [4.69, 9.17) is 23.2 Å². The van der Waals surface area contributed by atoms with Gasteiger partial charge in [-0.2, -0.15) is 0 Å². The highest BCUT2D eigenvalue weighted by molar-refractivity contribution is 7.91. The minimum Gasteiger partial charge on any atom is -0.352 e. The van der Waals surface area contributed by atoms with E-state index in [0.29, 0.717) is 23.7 Å². The summed E-state index contributed by atoms with van der Waals surface area (Å²) >= 11 is 12.6. The molecular formula is C30H38Cl2F2N4O4S. The highest BCUT2D eigenvalue weighted by Gasteiger charge is 2.33. The zero-order chi connectivity index (χ0) is 31.4. The molecule has 43 heavy (non-hydrogen) atoms. The van der Waals surface area contributed by atoms with Gasteiger partial charge in [-0.3, -0.25) is 14.5 Å². The molecule has 2 aliphatic heterocycles. The number of likely N-dealkylation sites (tertiary alicyclic amines) is 1. The van der Waals surface area contributed by atoms with Crippen LogP contribution < -0.4 is 16.0 Å². The van der Waals surface area contributed by atoms with Crippen LogP contribution in [0.5, 0.6) is 0 Å². The van der Waals surface area contributed by atoms with Gasteiger partial charge in [0.2, 0.25) is 5.91 Å². The molecule has 2 heterocycles. The average molecular weight is 660 g/mol. The molecule has 236 valence electrons. The molecule has 0 unspecified atom stereocenters. The van der Waals surface area contributed by atoms with Crippen molar-refractivity contribution in [3.63, 3.8) is 0 Å². The zero-order valence-electron chi connectivity index (χ0n) is 24.3. The molecule has 8 nitrogen and oxygen atoms in total. The molecule has 13 heteroatoms. The van der Waals surface area contributed by atoms with Crippen molar-refractivity contribution in [2.75, 3.05) is 31.9 Å². The Morgan fingerprint density at radius 2 is 1.84 bits per heavy atom. The van der Waals surface area contributed by atoms with Crippen molar-refractivity contribution in [2.24, 2.45) is 5.92 Å². The second-order valence-electron chi connectivity index (χ2n) is 11.3. The summed E-state index contributed by atoms with van der Waals surface area (Å²) in [6.07, 6.45) is 3.20. The minimum absolute atomic E-state index is 0.0170. The number of piperidine rings is 2. The number of hydrogen-bond acceptors (Lipinski definition) is 6. The summed E-state index contributed by atoms with van der Waals surface area (Å²) < 4.78 is 54.8. The molecule has 2 saturated heterocycles. The van der Waals surface area contributed by atoms with E-state index in [0.717, 1.165) is 51.8 Å². The van der Waals surface area contributed by atoms with E-state index >= 15 is 0 Å². The number of alkyl halides is 2. The number of rotatable bonds is 10. The first kappa shape index (κ1) is 33.6. The average Bonchev–Trinajstić information content (AvgIpc) is 2.96. The Hall–Kier alpha value is -2.31. The summed E-state index contributed by atoms with van der Waals surface area (Å²) in [6.45, 7) is 5.04. The number of nitrogens with one attached hydrogen (secondary N) is 3. The Kier molecular flexibility index (Phi) is 11.1. The molecule has 2 aliphatic rings. The third-order valence-corrected chi connectivity index (χ3v) is 10.5. The molecule has 0 saturated carbocycles. The fraction of sp³-hybridized carbons (Fsp3) is 0.533. The van der Waals surface area contributed by atoms with Crippen LogP contribution in [0.4, 0.5) is 8.78 Å². The van der Waals surface area contributed by atoms with Gasteiger partial charge in [0.25, 0.3) is 11.8 Å². The van der Waals surface area contributed by atoms with Gasteiger partial charge in [-0.1, -0.05) is 30.1 Å². The molecule has 0 bridgehead atoms. The number of amides is 2. The van der Waals surface area contributed by atoms with E-state index in [-0.39, 0.29) is 63.3 Å². The maximum absolute atomic E-state index is 14.9. The van der Waals surface area contributed by atoms with Gasteiger partial charge >= 0.3 is 0 Å². The molecular weight excluding hydrogens is 621 g/mol. The van der Waals surface area contributed by atoms with E-state index in [1.807, 2.05) is 4.90 Å². The monoisotopic (exact) mass is 658 g/mol. The number of carbonyl (C=O) groups excluding carboxylic acids is 2. The van der Waals surface area contributed by atoms with Crippen molar-refractivity contribution in [1.29, 1.82) is 0 Å². The fourth-order valence-electron chi connectivity index (χ4n) is 5.69. The first-order valence-corrected chi connectivity index (χ1v) is 16.9. The van der Waals surface area contributed by atoms with Crippen molar-refractivity contribution < 1.29 is 26.8 Å². The van der Waals surface area contributed by atoms with Crippen LogP contribution in [0.3, 0.4) is 0 Å². The van der Waals surface area contributed by atoms with Crippen LogP contribution in [0.2, 0.25) is 10.0 Å². The van der Waals surface area contributed by atoms with Gasteiger partial charge in [-0.05, 0) is 86.8 Å².